The van der Waals surface area contributed by atoms with Crippen molar-refractivity contribution < 1.29 is 34.2 Å². The lowest BCUT2D eigenvalue weighted by Crippen LogP contribution is -2.53. The molecular formula is C30H47N7O7. The summed E-state index contributed by atoms with van der Waals surface area (Å²) in [5.41, 5.74) is 13.9. The molecule has 3 amide bonds. The molecule has 2 aromatic rings. The Kier molecular flexibility index (Phi) is 15.9. The molecule has 0 bridgehead atoms. The lowest BCUT2D eigenvalue weighted by molar-refractivity contribution is -0.142. The van der Waals surface area contributed by atoms with Crippen LogP contribution in [0.15, 0.2) is 30.5 Å². The number of amides is 3. The zero-order valence-electron chi connectivity index (χ0n) is 25.3. The summed E-state index contributed by atoms with van der Waals surface area (Å²) >= 11 is 0. The minimum absolute atomic E-state index is 0.0234. The van der Waals surface area contributed by atoms with Gasteiger partial charge in [-0.3, -0.25) is 19.2 Å². The van der Waals surface area contributed by atoms with Crippen molar-refractivity contribution in [2.45, 2.75) is 88.9 Å². The highest BCUT2D eigenvalue weighted by atomic mass is 16.4. The van der Waals surface area contributed by atoms with Crippen LogP contribution in [0.4, 0.5) is 0 Å². The molecule has 2 rings (SSSR count). The van der Waals surface area contributed by atoms with Crippen LogP contribution >= 0.6 is 0 Å². The molecule has 0 saturated carbocycles. The molecule has 0 aliphatic heterocycles. The normalized spacial score (nSPS) is 13.9. The van der Waals surface area contributed by atoms with E-state index in [2.05, 4.69) is 33.2 Å². The van der Waals surface area contributed by atoms with Crippen molar-refractivity contribution >= 4 is 40.6 Å². The van der Waals surface area contributed by atoms with Gasteiger partial charge in [-0.05, 0) is 43.9 Å². The number of benzene rings is 1. The Hall–Kier alpha value is -4.01. The third kappa shape index (κ3) is 13.1. The number of unbranched alkanes of at least 4 members (excludes halogenated alkanes) is 1. The lowest BCUT2D eigenvalue weighted by Gasteiger charge is -2.22. The molecule has 1 heterocycles. The van der Waals surface area contributed by atoms with Crippen molar-refractivity contribution in [2.75, 3.05) is 19.6 Å². The Labute approximate surface area is 257 Å². The maximum Gasteiger partial charge on any atom is 0.326 e. The number of nitrogens with two attached hydrogens (primary N) is 2. The van der Waals surface area contributed by atoms with E-state index >= 15 is 0 Å². The number of para-hydroxylation sites is 1. The topological polar surface area (TPSA) is 242 Å². The molecule has 11 N–H and O–H groups in total. The van der Waals surface area contributed by atoms with E-state index in [1.165, 1.54) is 0 Å². The average Bonchev–Trinajstić information content (AvgIpc) is 3.39. The molecule has 0 fully saturated rings. The van der Waals surface area contributed by atoms with E-state index in [4.69, 9.17) is 16.6 Å². The first-order valence-corrected chi connectivity index (χ1v) is 15.1. The van der Waals surface area contributed by atoms with Crippen molar-refractivity contribution in [2.24, 2.45) is 11.5 Å². The molecule has 4 atom stereocenters. The zero-order chi connectivity index (χ0) is 32.5. The second-order valence-electron chi connectivity index (χ2n) is 10.9. The van der Waals surface area contributed by atoms with Gasteiger partial charge < -0.3 is 47.9 Å². The minimum Gasteiger partial charge on any atom is -0.481 e. The molecule has 14 nitrogen and oxygen atoms in total. The molecule has 0 aliphatic carbocycles. The van der Waals surface area contributed by atoms with Crippen LogP contribution in [0.25, 0.3) is 10.9 Å². The molecule has 244 valence electrons. The minimum atomic E-state index is -1.29. The van der Waals surface area contributed by atoms with E-state index in [9.17, 15) is 29.1 Å². The maximum atomic E-state index is 13.3. The molecule has 0 aliphatic rings. The van der Waals surface area contributed by atoms with E-state index in [0.717, 1.165) is 35.7 Å². The number of carboxylic acids is 2. The van der Waals surface area contributed by atoms with Crippen LogP contribution in [0.1, 0.15) is 63.9 Å². The Morgan fingerprint density at radius 2 is 1.64 bits per heavy atom. The monoisotopic (exact) mass is 617 g/mol. The fourth-order valence-corrected chi connectivity index (χ4v) is 4.64. The molecule has 0 unspecified atom stereocenters. The van der Waals surface area contributed by atoms with Gasteiger partial charge in [0.05, 0.1) is 6.04 Å². The molecule has 0 radical (unpaired) electrons. The first-order chi connectivity index (χ1) is 21.0. The van der Waals surface area contributed by atoms with E-state index in [0.29, 0.717) is 19.5 Å². The van der Waals surface area contributed by atoms with Crippen LogP contribution < -0.4 is 32.7 Å². The first kappa shape index (κ1) is 36.2. The van der Waals surface area contributed by atoms with Crippen molar-refractivity contribution in [3.8, 4) is 0 Å². The lowest BCUT2D eigenvalue weighted by atomic mass is 10.0. The highest BCUT2D eigenvalue weighted by Crippen LogP contribution is 2.19. The molecule has 0 spiro atoms. The predicted octanol–water partition coefficient (Wildman–Crippen LogP) is 0.350. The van der Waals surface area contributed by atoms with E-state index in [1.807, 2.05) is 24.3 Å². The Bertz CT molecular complexity index is 1240. The summed E-state index contributed by atoms with van der Waals surface area (Å²) in [6, 6.07) is 4.40. The third-order valence-corrected chi connectivity index (χ3v) is 7.20. The quantitative estimate of drug-likeness (QED) is 0.0821. The van der Waals surface area contributed by atoms with Crippen LogP contribution in [-0.2, 0) is 30.4 Å². The van der Waals surface area contributed by atoms with Gasteiger partial charge in [0, 0.05) is 55.5 Å². The molecule has 14 heteroatoms. The predicted molar refractivity (Wildman–Crippen MR) is 166 cm³/mol. The number of carboxylic acid groups (broad SMARTS) is 2. The summed E-state index contributed by atoms with van der Waals surface area (Å²) in [7, 11) is 0. The summed E-state index contributed by atoms with van der Waals surface area (Å²) < 4.78 is 0. The number of hydrogen-bond acceptors (Lipinski definition) is 8. The summed E-state index contributed by atoms with van der Waals surface area (Å²) in [4.78, 5) is 63.8. The summed E-state index contributed by atoms with van der Waals surface area (Å²) in [5, 5.41) is 30.1. The van der Waals surface area contributed by atoms with Crippen LogP contribution in [0.2, 0.25) is 0 Å². The maximum absolute atomic E-state index is 13.3. The highest BCUT2D eigenvalue weighted by molar-refractivity contribution is 5.91. The molecule has 0 saturated heterocycles. The number of H-pyrrole nitrogens is 1. The third-order valence-electron chi connectivity index (χ3n) is 7.20. The van der Waals surface area contributed by atoms with Crippen LogP contribution in [0.5, 0.6) is 0 Å². The number of hydrogen-bond donors (Lipinski definition) is 9. The number of fused-ring (bicyclic) bond motifs is 1. The second kappa shape index (κ2) is 19.3. The fraction of sp³-hybridized carbons (Fsp3) is 0.567. The van der Waals surface area contributed by atoms with E-state index < -0.39 is 47.8 Å². The van der Waals surface area contributed by atoms with Crippen molar-refractivity contribution in [1.82, 2.24) is 26.3 Å². The number of aromatic nitrogens is 1. The summed E-state index contributed by atoms with van der Waals surface area (Å²) in [6.45, 7) is 3.09. The number of rotatable bonds is 22. The number of aromatic amines is 1. The van der Waals surface area contributed by atoms with Gasteiger partial charge >= 0.3 is 11.9 Å². The van der Waals surface area contributed by atoms with Gasteiger partial charge in [0.1, 0.15) is 12.1 Å². The SMILES string of the molecule is CCCC[C@H](N)CNCC[C@H](N)C(=O)N[C@H](Cc1c[nH]c2ccccc12)C(=O)NCC[C@@H](NC(=O)CCCC(=O)O)C(=O)O. The summed E-state index contributed by atoms with van der Waals surface area (Å²) in [6.07, 6.45) is 4.89. The van der Waals surface area contributed by atoms with E-state index in [-0.39, 0.29) is 44.7 Å². The van der Waals surface area contributed by atoms with Gasteiger partial charge in [0.25, 0.3) is 0 Å². The van der Waals surface area contributed by atoms with Crippen molar-refractivity contribution in [3.63, 3.8) is 0 Å². The Morgan fingerprint density at radius 1 is 0.886 bits per heavy atom. The standard InChI is InChI=1S/C30H47N7O7/c1-2-3-7-20(31)18-33-14-12-22(32)28(41)37-25(16-19-17-35-23-9-5-4-8-21(19)23)29(42)34-15-13-24(30(43)44)36-26(38)10-6-11-27(39)40/h4-5,8-9,17,20,22,24-25,33,35H,2-3,6-7,10-16,18,31-32H2,1H3,(H,34,42)(H,36,38)(H,37,41)(H,39,40)(H,43,44)/t20-,22-,24+,25+/m0/s1. The smallest absolute Gasteiger partial charge is 0.326 e. The largest absolute Gasteiger partial charge is 0.481 e. The Morgan fingerprint density at radius 3 is 2.34 bits per heavy atom. The zero-order valence-corrected chi connectivity index (χ0v) is 25.3. The average molecular weight is 618 g/mol. The van der Waals surface area contributed by atoms with Gasteiger partial charge in [-0.2, -0.15) is 0 Å². The fourth-order valence-electron chi connectivity index (χ4n) is 4.64. The van der Waals surface area contributed by atoms with Crippen LogP contribution in [0, 0.1) is 0 Å². The Balaban J connectivity index is 1.99. The highest BCUT2D eigenvalue weighted by Gasteiger charge is 2.26. The second-order valence-corrected chi connectivity index (χ2v) is 10.9. The van der Waals surface area contributed by atoms with Gasteiger partial charge in [-0.1, -0.05) is 38.0 Å². The molecule has 44 heavy (non-hydrogen) atoms. The molecular weight excluding hydrogens is 570 g/mol. The van der Waals surface area contributed by atoms with E-state index in [1.54, 1.807) is 6.20 Å². The van der Waals surface area contributed by atoms with Crippen LogP contribution in [-0.4, -0.2) is 88.7 Å². The molecule has 1 aromatic carbocycles. The van der Waals surface area contributed by atoms with Crippen molar-refractivity contribution in [1.29, 1.82) is 0 Å². The number of nitrogens with one attached hydrogen (secondary N) is 5. The number of carbonyl (C=O) groups excluding carboxylic acids is 3. The summed E-state index contributed by atoms with van der Waals surface area (Å²) in [5.74, 6) is -3.97. The first-order valence-electron chi connectivity index (χ1n) is 15.1. The molecule has 1 aromatic heterocycles. The number of carbonyl (C=O) groups is 5. The van der Waals surface area contributed by atoms with Gasteiger partial charge in [0.15, 0.2) is 0 Å². The van der Waals surface area contributed by atoms with Crippen LogP contribution in [0.3, 0.4) is 0 Å². The van der Waals surface area contributed by atoms with Gasteiger partial charge in [0.2, 0.25) is 17.7 Å². The number of aliphatic carboxylic acids is 2. The van der Waals surface area contributed by atoms with Gasteiger partial charge in [-0.15, -0.1) is 0 Å². The van der Waals surface area contributed by atoms with Gasteiger partial charge in [-0.25, -0.2) is 4.79 Å². The van der Waals surface area contributed by atoms with Crippen molar-refractivity contribution in [3.05, 3.63) is 36.0 Å².